The number of rotatable bonds is 6. The van der Waals surface area contributed by atoms with Crippen molar-refractivity contribution in [1.29, 1.82) is 0 Å². The van der Waals surface area contributed by atoms with Crippen molar-refractivity contribution in [3.8, 4) is 66.8 Å². The highest BCUT2D eigenvalue weighted by atomic mass is 14.2. The van der Waals surface area contributed by atoms with Gasteiger partial charge in [0.1, 0.15) is 0 Å². The molecular weight excluding hydrogens is 721 g/mol. The molecule has 0 spiro atoms. The molecule has 12 aromatic rings. The van der Waals surface area contributed by atoms with Gasteiger partial charge in [0.25, 0.3) is 0 Å². The van der Waals surface area contributed by atoms with Gasteiger partial charge in [-0.05, 0) is 133 Å². The number of hydrogen-bond donors (Lipinski definition) is 0. The maximum Gasteiger partial charge on any atom is -0.00137 e. The Bertz CT molecular complexity index is 3290. The van der Waals surface area contributed by atoms with Crippen molar-refractivity contribution in [2.45, 2.75) is 0 Å². The van der Waals surface area contributed by atoms with E-state index in [9.17, 15) is 0 Å². The molecule has 0 fully saturated rings. The Kier molecular flexibility index (Phi) is 7.96. The van der Waals surface area contributed by atoms with Crippen molar-refractivity contribution in [2.75, 3.05) is 0 Å². The molecule has 0 unspecified atom stereocenters. The maximum atomic E-state index is 2.46. The summed E-state index contributed by atoms with van der Waals surface area (Å²) in [7, 11) is 0. The molecule has 0 N–H and O–H groups in total. The summed E-state index contributed by atoms with van der Waals surface area (Å²) in [5.74, 6) is 0. The number of benzene rings is 12. The van der Waals surface area contributed by atoms with E-state index in [1.807, 2.05) is 0 Å². The average Bonchev–Trinajstić information content (AvgIpc) is 3.33. The average molecular weight is 759 g/mol. The first-order chi connectivity index (χ1) is 29.8. The van der Waals surface area contributed by atoms with E-state index in [0.717, 1.165) is 0 Å². The molecule has 0 nitrogen and oxygen atoms in total. The van der Waals surface area contributed by atoms with E-state index in [2.05, 4.69) is 231 Å². The van der Waals surface area contributed by atoms with Crippen LogP contribution in [-0.2, 0) is 0 Å². The van der Waals surface area contributed by atoms with Gasteiger partial charge < -0.3 is 0 Å². The largest absolute Gasteiger partial charge is 0.0622 e. The molecule has 278 valence electrons. The molecule has 0 bridgehead atoms. The van der Waals surface area contributed by atoms with Crippen LogP contribution in [0.1, 0.15) is 0 Å². The minimum Gasteiger partial charge on any atom is -0.0622 e. The summed E-state index contributed by atoms with van der Waals surface area (Å²) in [5.41, 5.74) is 14.8. The highest BCUT2D eigenvalue weighted by molar-refractivity contribution is 6.32. The molecule has 12 rings (SSSR count). The van der Waals surface area contributed by atoms with Gasteiger partial charge in [0, 0.05) is 0 Å². The monoisotopic (exact) mass is 758 g/mol. The van der Waals surface area contributed by atoms with Gasteiger partial charge in [-0.2, -0.15) is 0 Å². The highest BCUT2D eigenvalue weighted by Gasteiger charge is 2.21. The molecule has 0 aliphatic rings. The second-order valence-corrected chi connectivity index (χ2v) is 16.0. The predicted octanol–water partition coefficient (Wildman–Crippen LogP) is 16.9. The van der Waals surface area contributed by atoms with E-state index in [1.165, 1.54) is 121 Å². The topological polar surface area (TPSA) is 0 Å². The fraction of sp³-hybridized carbons (Fsp3) is 0. The van der Waals surface area contributed by atoms with E-state index in [4.69, 9.17) is 0 Å². The lowest BCUT2D eigenvalue weighted by Gasteiger charge is -2.22. The second-order valence-electron chi connectivity index (χ2n) is 16.0. The van der Waals surface area contributed by atoms with Gasteiger partial charge in [-0.1, -0.05) is 218 Å². The van der Waals surface area contributed by atoms with E-state index in [-0.39, 0.29) is 0 Å². The summed E-state index contributed by atoms with van der Waals surface area (Å²) >= 11 is 0. The Balaban J connectivity index is 1.11. The van der Waals surface area contributed by atoms with Gasteiger partial charge in [0.2, 0.25) is 0 Å². The second kappa shape index (κ2) is 13.9. The molecule has 0 aliphatic carbocycles. The standard InChI is InChI=1S/C60H38/c1-3-13-41(14-4-1)55-37-57-51(45-29-25-43(26-30-45)49-23-11-19-39-17-7-9-21-47(39)49)34-36-54-56(42-15-5-2-6-16-42)38-58-52(33-35-53(55)59(58)60(54)57)46-31-27-44(28-32-46)50-24-12-20-40-18-8-10-22-48(40)50/h1-38H. The quantitative estimate of drug-likeness (QED) is 0.148. The number of hydrogen-bond acceptors (Lipinski definition) is 0. The summed E-state index contributed by atoms with van der Waals surface area (Å²) in [6.45, 7) is 0. The Labute approximate surface area is 349 Å². The van der Waals surface area contributed by atoms with Crippen molar-refractivity contribution in [3.05, 3.63) is 231 Å². The summed E-state index contributed by atoms with van der Waals surface area (Å²) in [5, 5.41) is 12.8. The Morgan fingerprint density at radius 2 is 0.483 bits per heavy atom. The van der Waals surface area contributed by atoms with Crippen LogP contribution < -0.4 is 0 Å². The lowest BCUT2D eigenvalue weighted by molar-refractivity contribution is 1.61. The van der Waals surface area contributed by atoms with Gasteiger partial charge in [-0.3, -0.25) is 0 Å². The zero-order valence-electron chi connectivity index (χ0n) is 32.9. The Morgan fingerprint density at radius 1 is 0.167 bits per heavy atom. The van der Waals surface area contributed by atoms with Gasteiger partial charge in [-0.15, -0.1) is 0 Å². The first kappa shape index (κ1) is 34.3. The van der Waals surface area contributed by atoms with Crippen molar-refractivity contribution < 1.29 is 0 Å². The van der Waals surface area contributed by atoms with Crippen molar-refractivity contribution in [2.24, 2.45) is 0 Å². The normalized spacial score (nSPS) is 11.7. The molecule has 0 saturated carbocycles. The lowest BCUT2D eigenvalue weighted by Crippen LogP contribution is -1.94. The molecular formula is C60H38. The molecule has 0 aliphatic heterocycles. The third-order valence-electron chi connectivity index (χ3n) is 12.7. The zero-order chi connectivity index (χ0) is 39.6. The minimum atomic E-state index is 1.21. The molecule has 0 heteroatoms. The van der Waals surface area contributed by atoms with E-state index in [1.54, 1.807) is 0 Å². The van der Waals surface area contributed by atoms with Crippen LogP contribution in [-0.4, -0.2) is 0 Å². The van der Waals surface area contributed by atoms with Crippen LogP contribution in [0.15, 0.2) is 231 Å². The van der Waals surface area contributed by atoms with Gasteiger partial charge in [-0.25, -0.2) is 0 Å². The van der Waals surface area contributed by atoms with Crippen LogP contribution >= 0.6 is 0 Å². The lowest BCUT2D eigenvalue weighted by atomic mass is 9.81. The highest BCUT2D eigenvalue weighted by Crippen LogP contribution is 2.49. The van der Waals surface area contributed by atoms with Crippen LogP contribution in [0.4, 0.5) is 0 Å². The fourth-order valence-corrected chi connectivity index (χ4v) is 9.80. The molecule has 0 aromatic heterocycles. The SMILES string of the molecule is c1ccc(-c2cc3c(-c4ccc(-c5cccc6ccccc56)cc4)ccc4c(-c5ccccc5)cc5c(-c6ccc(-c7cccc8ccccc78)cc6)ccc2c5c43)cc1. The predicted molar refractivity (Wildman–Crippen MR) is 258 cm³/mol. The van der Waals surface area contributed by atoms with Crippen LogP contribution in [0.3, 0.4) is 0 Å². The summed E-state index contributed by atoms with van der Waals surface area (Å²) < 4.78 is 0. The van der Waals surface area contributed by atoms with E-state index >= 15 is 0 Å². The Hall–Kier alpha value is -7.80. The smallest absolute Gasteiger partial charge is 0.00137 e. The molecule has 12 aromatic carbocycles. The summed E-state index contributed by atoms with van der Waals surface area (Å²) in [6.07, 6.45) is 0. The summed E-state index contributed by atoms with van der Waals surface area (Å²) in [4.78, 5) is 0. The minimum absolute atomic E-state index is 1.21. The first-order valence-electron chi connectivity index (χ1n) is 20.8. The molecule has 0 heterocycles. The molecule has 60 heavy (non-hydrogen) atoms. The van der Waals surface area contributed by atoms with Crippen LogP contribution in [0.25, 0.3) is 121 Å². The van der Waals surface area contributed by atoms with Gasteiger partial charge >= 0.3 is 0 Å². The summed E-state index contributed by atoms with van der Waals surface area (Å²) in [6, 6.07) is 85.1. The fourth-order valence-electron chi connectivity index (χ4n) is 9.80. The van der Waals surface area contributed by atoms with Crippen LogP contribution in [0, 0.1) is 0 Å². The zero-order valence-corrected chi connectivity index (χ0v) is 32.9. The molecule has 0 amide bonds. The molecule has 0 saturated heterocycles. The van der Waals surface area contributed by atoms with Gasteiger partial charge in [0.05, 0.1) is 0 Å². The van der Waals surface area contributed by atoms with Crippen LogP contribution in [0.2, 0.25) is 0 Å². The third kappa shape index (κ3) is 5.53. The first-order valence-corrected chi connectivity index (χ1v) is 20.8. The molecule has 0 atom stereocenters. The van der Waals surface area contributed by atoms with E-state index in [0.29, 0.717) is 0 Å². The number of fused-ring (bicyclic) bond motifs is 2. The van der Waals surface area contributed by atoms with E-state index < -0.39 is 0 Å². The van der Waals surface area contributed by atoms with Gasteiger partial charge in [0.15, 0.2) is 0 Å². The third-order valence-corrected chi connectivity index (χ3v) is 12.7. The van der Waals surface area contributed by atoms with Crippen LogP contribution in [0.5, 0.6) is 0 Å². The molecule has 0 radical (unpaired) electrons. The Morgan fingerprint density at radius 3 is 0.883 bits per heavy atom. The maximum absolute atomic E-state index is 2.46. The van der Waals surface area contributed by atoms with Crippen molar-refractivity contribution in [3.63, 3.8) is 0 Å². The van der Waals surface area contributed by atoms with Crippen molar-refractivity contribution >= 4 is 53.9 Å². The van der Waals surface area contributed by atoms with Crippen molar-refractivity contribution in [1.82, 2.24) is 0 Å².